The fourth-order valence-corrected chi connectivity index (χ4v) is 3.87. The van der Waals surface area contributed by atoms with Gasteiger partial charge in [-0.1, -0.05) is 41.0 Å². The molecule has 0 aliphatic heterocycles. The zero-order chi connectivity index (χ0) is 17.1. The van der Waals surface area contributed by atoms with Gasteiger partial charge in [0.25, 0.3) is 0 Å². The fraction of sp³-hybridized carbons (Fsp3) is 0.214. The number of halogens is 2. The summed E-state index contributed by atoms with van der Waals surface area (Å²) in [4.78, 5) is 4.40. The fourth-order valence-electron chi connectivity index (χ4n) is 1.87. The second kappa shape index (κ2) is 7.60. The van der Waals surface area contributed by atoms with Crippen molar-refractivity contribution in [3.63, 3.8) is 0 Å². The van der Waals surface area contributed by atoms with Crippen LogP contribution in [0.1, 0.15) is 16.5 Å². The van der Waals surface area contributed by atoms with Gasteiger partial charge in [-0.15, -0.1) is 21.5 Å². The Morgan fingerprint density at radius 3 is 2.71 bits per heavy atom. The maximum absolute atomic E-state index is 6.07. The van der Waals surface area contributed by atoms with E-state index < -0.39 is 0 Å². The van der Waals surface area contributed by atoms with E-state index in [1.165, 1.54) is 16.4 Å². The van der Waals surface area contributed by atoms with E-state index in [1.807, 2.05) is 12.3 Å². The SMILES string of the molecule is Cc1nc(CSc2nnc(COc3c(Cl)cccc3Cl)n2N)cs1. The second-order valence-corrected chi connectivity index (χ2v) is 7.57. The molecule has 2 N–H and O–H groups in total. The maximum atomic E-state index is 6.07. The van der Waals surface area contributed by atoms with Crippen LogP contribution >= 0.6 is 46.3 Å². The topological polar surface area (TPSA) is 78.9 Å². The molecule has 6 nitrogen and oxygen atoms in total. The normalized spacial score (nSPS) is 11.0. The minimum absolute atomic E-state index is 0.114. The van der Waals surface area contributed by atoms with Crippen molar-refractivity contribution in [1.82, 2.24) is 19.9 Å². The lowest BCUT2D eigenvalue weighted by atomic mass is 10.3. The first kappa shape index (κ1) is 17.3. The van der Waals surface area contributed by atoms with Gasteiger partial charge in [-0.2, -0.15) is 0 Å². The molecule has 0 aliphatic carbocycles. The molecule has 0 saturated heterocycles. The second-order valence-electron chi connectivity index (χ2n) is 4.75. The monoisotopic (exact) mass is 401 g/mol. The third kappa shape index (κ3) is 3.94. The van der Waals surface area contributed by atoms with Crippen LogP contribution in [0.3, 0.4) is 0 Å². The van der Waals surface area contributed by atoms with Crippen molar-refractivity contribution in [2.24, 2.45) is 0 Å². The number of rotatable bonds is 6. The van der Waals surface area contributed by atoms with Crippen LogP contribution in [0.4, 0.5) is 0 Å². The van der Waals surface area contributed by atoms with Gasteiger partial charge in [-0.3, -0.25) is 0 Å². The molecule has 126 valence electrons. The van der Waals surface area contributed by atoms with Gasteiger partial charge < -0.3 is 10.6 Å². The average Bonchev–Trinajstić information content (AvgIpc) is 3.11. The van der Waals surface area contributed by atoms with Crippen molar-refractivity contribution in [3.05, 3.63) is 50.2 Å². The van der Waals surface area contributed by atoms with Crippen LogP contribution in [0.2, 0.25) is 10.0 Å². The summed E-state index contributed by atoms with van der Waals surface area (Å²) in [6.45, 7) is 2.09. The lowest BCUT2D eigenvalue weighted by molar-refractivity contribution is 0.292. The highest BCUT2D eigenvalue weighted by Gasteiger charge is 2.14. The van der Waals surface area contributed by atoms with Gasteiger partial charge >= 0.3 is 0 Å². The maximum Gasteiger partial charge on any atom is 0.210 e. The van der Waals surface area contributed by atoms with Gasteiger partial charge in [-0.05, 0) is 19.1 Å². The van der Waals surface area contributed by atoms with Gasteiger partial charge in [0.1, 0.15) is 6.61 Å². The summed E-state index contributed by atoms with van der Waals surface area (Å²) in [5.41, 5.74) is 0.992. The van der Waals surface area contributed by atoms with E-state index in [0.717, 1.165) is 10.7 Å². The van der Waals surface area contributed by atoms with Crippen molar-refractivity contribution < 1.29 is 4.74 Å². The van der Waals surface area contributed by atoms with Crippen LogP contribution in [-0.2, 0) is 12.4 Å². The molecule has 0 spiro atoms. The van der Waals surface area contributed by atoms with Crippen molar-refractivity contribution in [3.8, 4) is 5.75 Å². The lowest BCUT2D eigenvalue weighted by Gasteiger charge is -2.09. The number of nitrogens with zero attached hydrogens (tertiary/aromatic N) is 4. The van der Waals surface area contributed by atoms with Crippen molar-refractivity contribution >= 4 is 46.3 Å². The van der Waals surface area contributed by atoms with E-state index in [0.29, 0.717) is 32.5 Å². The number of nitrogens with two attached hydrogens (primary N) is 1. The van der Waals surface area contributed by atoms with Crippen LogP contribution in [0, 0.1) is 6.92 Å². The van der Waals surface area contributed by atoms with E-state index in [4.69, 9.17) is 33.8 Å². The first-order valence-corrected chi connectivity index (χ1v) is 9.46. The van der Waals surface area contributed by atoms with Crippen LogP contribution in [-0.4, -0.2) is 19.9 Å². The molecule has 1 aromatic carbocycles. The number of hydrogen-bond donors (Lipinski definition) is 1. The number of aryl methyl sites for hydroxylation is 1. The Morgan fingerprint density at radius 2 is 2.04 bits per heavy atom. The molecule has 3 rings (SSSR count). The summed E-state index contributed by atoms with van der Waals surface area (Å²) in [6, 6.07) is 5.15. The van der Waals surface area contributed by atoms with Crippen LogP contribution in [0.25, 0.3) is 0 Å². The summed E-state index contributed by atoms with van der Waals surface area (Å²) in [6.07, 6.45) is 0. The summed E-state index contributed by atoms with van der Waals surface area (Å²) in [5.74, 6) is 7.57. The summed E-state index contributed by atoms with van der Waals surface area (Å²) in [5, 5.41) is 12.6. The lowest BCUT2D eigenvalue weighted by Crippen LogP contribution is -2.16. The Bertz CT molecular complexity index is 831. The number of nitrogen functional groups attached to an aromatic ring is 1. The average molecular weight is 402 g/mol. The van der Waals surface area contributed by atoms with Gasteiger partial charge in [0.15, 0.2) is 11.6 Å². The van der Waals surface area contributed by atoms with E-state index in [1.54, 1.807) is 29.5 Å². The highest BCUT2D eigenvalue weighted by atomic mass is 35.5. The largest absolute Gasteiger partial charge is 0.482 e. The molecule has 10 heteroatoms. The number of thioether (sulfide) groups is 1. The molecule has 0 atom stereocenters. The Balaban J connectivity index is 1.64. The molecule has 0 saturated carbocycles. The Hall–Kier alpha value is -1.48. The molecule has 3 aromatic rings. The van der Waals surface area contributed by atoms with E-state index in [2.05, 4.69) is 15.2 Å². The number of aromatic nitrogens is 4. The Labute approximate surface area is 156 Å². The molecule has 0 aliphatic rings. The summed E-state index contributed by atoms with van der Waals surface area (Å²) >= 11 is 15.2. The minimum atomic E-state index is 0.114. The smallest absolute Gasteiger partial charge is 0.210 e. The zero-order valence-electron chi connectivity index (χ0n) is 12.6. The van der Waals surface area contributed by atoms with Crippen LogP contribution < -0.4 is 10.6 Å². The minimum Gasteiger partial charge on any atom is -0.482 e. The summed E-state index contributed by atoms with van der Waals surface area (Å²) in [7, 11) is 0. The molecule has 2 aromatic heterocycles. The third-order valence-corrected chi connectivity index (χ3v) is 5.41. The predicted octanol–water partition coefficient (Wildman–Crippen LogP) is 3.93. The van der Waals surface area contributed by atoms with Gasteiger partial charge in [0.2, 0.25) is 5.16 Å². The van der Waals surface area contributed by atoms with Crippen molar-refractivity contribution in [2.75, 3.05) is 5.84 Å². The molecular weight excluding hydrogens is 389 g/mol. The molecule has 0 unspecified atom stereocenters. The number of ether oxygens (including phenoxy) is 1. The Morgan fingerprint density at radius 1 is 1.29 bits per heavy atom. The number of benzene rings is 1. The third-order valence-electron chi connectivity index (χ3n) is 3.02. The molecule has 0 fully saturated rings. The highest BCUT2D eigenvalue weighted by Crippen LogP contribution is 2.33. The van der Waals surface area contributed by atoms with Gasteiger partial charge in [0, 0.05) is 11.1 Å². The summed E-state index contributed by atoms with van der Waals surface area (Å²) < 4.78 is 7.02. The first-order valence-electron chi connectivity index (χ1n) is 6.84. The Kier molecular flexibility index (Phi) is 5.50. The molecule has 0 radical (unpaired) electrons. The molecule has 24 heavy (non-hydrogen) atoms. The molecule has 2 heterocycles. The number of thiazole rings is 1. The predicted molar refractivity (Wildman–Crippen MR) is 97.4 cm³/mol. The van der Waals surface area contributed by atoms with E-state index >= 15 is 0 Å². The van der Waals surface area contributed by atoms with Crippen LogP contribution in [0.5, 0.6) is 5.75 Å². The van der Waals surface area contributed by atoms with E-state index in [9.17, 15) is 0 Å². The standard InChI is InChI=1S/C14H13Cl2N5OS2/c1-8-18-9(6-23-8)7-24-14-20-19-12(21(14)17)5-22-13-10(15)3-2-4-11(13)16/h2-4,6H,5,7,17H2,1H3. The number of para-hydroxylation sites is 1. The molecule has 0 bridgehead atoms. The van der Waals surface area contributed by atoms with Gasteiger partial charge in [0.05, 0.1) is 20.7 Å². The van der Waals surface area contributed by atoms with Crippen molar-refractivity contribution in [1.29, 1.82) is 0 Å². The molecule has 0 amide bonds. The molecular formula is C14H13Cl2N5OS2. The van der Waals surface area contributed by atoms with Crippen molar-refractivity contribution in [2.45, 2.75) is 24.4 Å². The quantitative estimate of drug-likeness (QED) is 0.497. The first-order chi connectivity index (χ1) is 11.5. The van der Waals surface area contributed by atoms with E-state index in [-0.39, 0.29) is 6.61 Å². The van der Waals surface area contributed by atoms with Crippen LogP contribution in [0.15, 0.2) is 28.7 Å². The number of hydrogen-bond acceptors (Lipinski definition) is 7. The highest BCUT2D eigenvalue weighted by molar-refractivity contribution is 7.98. The van der Waals surface area contributed by atoms with Gasteiger partial charge in [-0.25, -0.2) is 9.66 Å². The zero-order valence-corrected chi connectivity index (χ0v) is 15.7.